The van der Waals surface area contributed by atoms with Crippen molar-refractivity contribution in [3.8, 4) is 0 Å². The Balaban J connectivity index is 2.95. The molecule has 0 saturated carbocycles. The lowest BCUT2D eigenvalue weighted by Gasteiger charge is -2.08. The zero-order valence-electron chi connectivity index (χ0n) is 7.45. The third kappa shape index (κ3) is 2.18. The monoisotopic (exact) mass is 199 g/mol. The van der Waals surface area contributed by atoms with E-state index in [1.54, 1.807) is 18.5 Å². The van der Waals surface area contributed by atoms with E-state index in [2.05, 4.69) is 9.72 Å². The van der Waals surface area contributed by atoms with Crippen molar-refractivity contribution < 1.29 is 9.53 Å². The molecule has 0 saturated heterocycles. The number of methoxy groups -OCH3 is 1. The topological polar surface area (TPSA) is 39.2 Å². The lowest BCUT2D eigenvalue weighted by Crippen LogP contribution is -2.10. The average molecular weight is 200 g/mol. The molecule has 0 aliphatic heterocycles. The van der Waals surface area contributed by atoms with E-state index in [1.165, 1.54) is 7.11 Å². The summed E-state index contributed by atoms with van der Waals surface area (Å²) in [6.45, 7) is 1.87. The number of pyridine rings is 1. The minimum Gasteiger partial charge on any atom is -0.468 e. The highest BCUT2D eigenvalue weighted by Crippen LogP contribution is 2.23. The van der Waals surface area contributed by atoms with Gasteiger partial charge in [-0.25, -0.2) is 0 Å². The number of carbonyl (C=O) groups is 1. The lowest BCUT2D eigenvalue weighted by atomic mass is 10.1. The van der Waals surface area contributed by atoms with Gasteiger partial charge in [-0.2, -0.15) is 0 Å². The van der Waals surface area contributed by atoms with Gasteiger partial charge in [0, 0.05) is 18.0 Å². The highest BCUT2D eigenvalue weighted by Gasteiger charge is 2.19. The number of alkyl halides is 1. The van der Waals surface area contributed by atoms with E-state index in [9.17, 15) is 4.79 Å². The van der Waals surface area contributed by atoms with E-state index in [-0.39, 0.29) is 0 Å². The maximum Gasteiger partial charge on any atom is 0.328 e. The molecule has 1 unspecified atom stereocenters. The van der Waals surface area contributed by atoms with Gasteiger partial charge in [0.15, 0.2) is 5.38 Å². The van der Waals surface area contributed by atoms with Crippen LogP contribution in [0.1, 0.15) is 16.5 Å². The van der Waals surface area contributed by atoms with E-state index in [0.717, 1.165) is 5.56 Å². The highest BCUT2D eigenvalue weighted by atomic mass is 35.5. The number of carbonyl (C=O) groups excluding carboxylic acids is 1. The second kappa shape index (κ2) is 4.23. The molecule has 0 radical (unpaired) electrons. The molecule has 1 heterocycles. The molecule has 1 aromatic heterocycles. The van der Waals surface area contributed by atoms with Crippen molar-refractivity contribution in [1.29, 1.82) is 0 Å². The first-order valence-corrected chi connectivity index (χ1v) is 4.23. The number of aryl methyl sites for hydroxylation is 1. The maximum atomic E-state index is 11.1. The van der Waals surface area contributed by atoms with Crippen molar-refractivity contribution in [2.45, 2.75) is 12.3 Å². The molecule has 13 heavy (non-hydrogen) atoms. The summed E-state index contributed by atoms with van der Waals surface area (Å²) < 4.78 is 4.52. The number of rotatable bonds is 2. The molecule has 1 atom stereocenters. The number of nitrogens with zero attached hydrogens (tertiary/aromatic N) is 1. The number of hydrogen-bond acceptors (Lipinski definition) is 3. The first-order valence-electron chi connectivity index (χ1n) is 3.79. The van der Waals surface area contributed by atoms with E-state index in [4.69, 9.17) is 11.6 Å². The number of aromatic nitrogens is 1. The van der Waals surface area contributed by atoms with Crippen LogP contribution in [0.15, 0.2) is 18.5 Å². The van der Waals surface area contributed by atoms with Crippen LogP contribution in [0.3, 0.4) is 0 Å². The first-order chi connectivity index (χ1) is 6.16. The second-order valence-corrected chi connectivity index (χ2v) is 3.05. The normalized spacial score (nSPS) is 12.2. The maximum absolute atomic E-state index is 11.1. The summed E-state index contributed by atoms with van der Waals surface area (Å²) in [5.41, 5.74) is 1.62. The largest absolute Gasteiger partial charge is 0.468 e. The van der Waals surface area contributed by atoms with Crippen LogP contribution in [0.25, 0.3) is 0 Å². The van der Waals surface area contributed by atoms with Crippen LogP contribution in [-0.2, 0) is 9.53 Å². The summed E-state index contributed by atoms with van der Waals surface area (Å²) in [7, 11) is 1.31. The number of ether oxygens (including phenoxy) is 1. The molecule has 70 valence electrons. The highest BCUT2D eigenvalue weighted by molar-refractivity contribution is 6.30. The predicted octanol–water partition coefficient (Wildman–Crippen LogP) is 1.84. The molecule has 0 N–H and O–H groups in total. The molecule has 0 aliphatic rings. The summed E-state index contributed by atoms with van der Waals surface area (Å²) in [5.74, 6) is -0.460. The van der Waals surface area contributed by atoms with Crippen molar-refractivity contribution >= 4 is 17.6 Å². The Morgan fingerprint density at radius 1 is 1.69 bits per heavy atom. The van der Waals surface area contributed by atoms with E-state index < -0.39 is 11.3 Å². The van der Waals surface area contributed by atoms with E-state index >= 15 is 0 Å². The number of hydrogen-bond donors (Lipinski definition) is 0. The van der Waals surface area contributed by atoms with Gasteiger partial charge in [-0.15, -0.1) is 11.6 Å². The fraction of sp³-hybridized carbons (Fsp3) is 0.333. The number of halogens is 1. The Labute approximate surface area is 81.7 Å². The van der Waals surface area contributed by atoms with Crippen LogP contribution < -0.4 is 0 Å². The molecule has 1 rings (SSSR count). The molecule has 0 amide bonds. The van der Waals surface area contributed by atoms with Crippen molar-refractivity contribution in [3.05, 3.63) is 29.6 Å². The molecule has 3 nitrogen and oxygen atoms in total. The van der Waals surface area contributed by atoms with Crippen molar-refractivity contribution in [2.75, 3.05) is 7.11 Å². The zero-order valence-corrected chi connectivity index (χ0v) is 8.21. The van der Waals surface area contributed by atoms with Crippen LogP contribution >= 0.6 is 11.6 Å². The predicted molar refractivity (Wildman–Crippen MR) is 49.6 cm³/mol. The SMILES string of the molecule is COC(=O)C(Cl)c1cnccc1C. The molecular weight excluding hydrogens is 190 g/mol. The third-order valence-corrected chi connectivity index (χ3v) is 2.17. The minimum atomic E-state index is -0.765. The van der Waals surface area contributed by atoms with Crippen LogP contribution in [0, 0.1) is 6.92 Å². The van der Waals surface area contributed by atoms with E-state index in [0.29, 0.717) is 5.56 Å². The van der Waals surface area contributed by atoms with Gasteiger partial charge >= 0.3 is 5.97 Å². The van der Waals surface area contributed by atoms with E-state index in [1.807, 2.05) is 6.92 Å². The standard InChI is InChI=1S/C9H10ClNO2/c1-6-3-4-11-5-7(6)8(10)9(12)13-2/h3-5,8H,1-2H3. The third-order valence-electron chi connectivity index (χ3n) is 1.76. The summed E-state index contributed by atoms with van der Waals surface area (Å²) in [6, 6.07) is 1.80. The molecular formula is C9H10ClNO2. The van der Waals surface area contributed by atoms with Crippen LogP contribution in [0.2, 0.25) is 0 Å². The van der Waals surface area contributed by atoms with Crippen LogP contribution in [0.5, 0.6) is 0 Å². The van der Waals surface area contributed by atoms with Gasteiger partial charge in [0.25, 0.3) is 0 Å². The Morgan fingerprint density at radius 2 is 2.38 bits per heavy atom. The Kier molecular flexibility index (Phi) is 3.25. The van der Waals surface area contributed by atoms with Crippen molar-refractivity contribution in [2.24, 2.45) is 0 Å². The van der Waals surface area contributed by atoms with Crippen LogP contribution in [-0.4, -0.2) is 18.1 Å². The molecule has 0 aliphatic carbocycles. The Hall–Kier alpha value is -1.09. The molecule has 0 fully saturated rings. The zero-order chi connectivity index (χ0) is 9.84. The van der Waals surface area contributed by atoms with Gasteiger partial charge in [0.1, 0.15) is 0 Å². The molecule has 0 aromatic carbocycles. The van der Waals surface area contributed by atoms with Gasteiger partial charge in [0.05, 0.1) is 7.11 Å². The summed E-state index contributed by atoms with van der Waals surface area (Å²) in [6.07, 6.45) is 3.23. The molecule has 1 aromatic rings. The number of esters is 1. The van der Waals surface area contributed by atoms with Crippen molar-refractivity contribution in [3.63, 3.8) is 0 Å². The average Bonchev–Trinajstić information content (AvgIpc) is 2.16. The summed E-state index contributed by atoms with van der Waals surface area (Å²) in [5, 5.41) is -0.765. The van der Waals surface area contributed by atoms with Crippen LogP contribution in [0.4, 0.5) is 0 Å². The van der Waals surface area contributed by atoms with Gasteiger partial charge in [-0.3, -0.25) is 9.78 Å². The first kappa shape index (κ1) is 9.99. The van der Waals surface area contributed by atoms with Gasteiger partial charge in [0.2, 0.25) is 0 Å². The minimum absolute atomic E-state index is 0.460. The fourth-order valence-corrected chi connectivity index (χ4v) is 1.29. The Morgan fingerprint density at radius 3 is 2.92 bits per heavy atom. The Bertz CT molecular complexity index is 314. The van der Waals surface area contributed by atoms with Gasteiger partial charge in [-0.1, -0.05) is 0 Å². The molecule has 0 bridgehead atoms. The summed E-state index contributed by atoms with van der Waals surface area (Å²) >= 11 is 5.85. The van der Waals surface area contributed by atoms with Gasteiger partial charge < -0.3 is 4.74 Å². The lowest BCUT2D eigenvalue weighted by molar-refractivity contribution is -0.140. The molecule has 4 heteroatoms. The fourth-order valence-electron chi connectivity index (χ4n) is 0.972. The smallest absolute Gasteiger partial charge is 0.328 e. The summed E-state index contributed by atoms with van der Waals surface area (Å²) in [4.78, 5) is 15.0. The molecule has 0 spiro atoms. The second-order valence-electron chi connectivity index (χ2n) is 2.62. The quantitative estimate of drug-likeness (QED) is 0.539. The van der Waals surface area contributed by atoms with Crippen molar-refractivity contribution in [1.82, 2.24) is 4.98 Å². The van der Waals surface area contributed by atoms with Gasteiger partial charge in [-0.05, 0) is 18.6 Å².